The van der Waals surface area contributed by atoms with Crippen LogP contribution in [0.5, 0.6) is 5.75 Å². The number of para-hydroxylation sites is 1. The number of methoxy groups -OCH3 is 1. The quantitative estimate of drug-likeness (QED) is 0.618. The van der Waals surface area contributed by atoms with E-state index in [4.69, 9.17) is 14.8 Å². The summed E-state index contributed by atoms with van der Waals surface area (Å²) in [5, 5.41) is 18.7. The van der Waals surface area contributed by atoms with E-state index in [0.29, 0.717) is 11.2 Å². The van der Waals surface area contributed by atoms with Crippen LogP contribution in [-0.2, 0) is 0 Å². The minimum atomic E-state index is -1.40. The van der Waals surface area contributed by atoms with Crippen LogP contribution in [0.15, 0.2) is 60.8 Å². The van der Waals surface area contributed by atoms with Crippen molar-refractivity contribution in [3.63, 3.8) is 0 Å². The van der Waals surface area contributed by atoms with Crippen molar-refractivity contribution in [2.45, 2.75) is 0 Å². The number of hydrogen-bond donors (Lipinski definition) is 3. The summed E-state index contributed by atoms with van der Waals surface area (Å²) in [6.07, 6.45) is 1.95. The molecular weight excluding hydrogens is 253 g/mol. The van der Waals surface area contributed by atoms with Gasteiger partial charge in [0, 0.05) is 11.7 Å². The van der Waals surface area contributed by atoms with Gasteiger partial charge in [0.1, 0.15) is 5.75 Å². The predicted molar refractivity (Wildman–Crippen MR) is 81.1 cm³/mol. The second-order valence-electron chi connectivity index (χ2n) is 4.21. The van der Waals surface area contributed by atoms with Crippen LogP contribution in [0.25, 0.3) is 10.9 Å². The van der Waals surface area contributed by atoms with Crippen LogP contribution in [-0.4, -0.2) is 29.3 Å². The van der Waals surface area contributed by atoms with Gasteiger partial charge in [0.15, 0.2) is 0 Å². The number of aromatic nitrogens is 1. The van der Waals surface area contributed by atoms with E-state index in [1.165, 1.54) is 10.9 Å². The molecule has 0 radical (unpaired) electrons. The highest BCUT2D eigenvalue weighted by Gasteiger charge is 2.09. The number of aromatic amines is 1. The molecule has 1 heterocycles. The van der Waals surface area contributed by atoms with Gasteiger partial charge in [-0.1, -0.05) is 30.3 Å². The first-order valence-electron chi connectivity index (χ1n) is 6.23. The van der Waals surface area contributed by atoms with E-state index in [1.54, 1.807) is 31.4 Å². The fourth-order valence-electron chi connectivity index (χ4n) is 1.77. The Morgan fingerprint density at radius 2 is 1.65 bits per heavy atom. The molecule has 0 aliphatic rings. The molecule has 0 aliphatic carbocycles. The Balaban J connectivity index is 0.000000149. The van der Waals surface area contributed by atoms with Gasteiger partial charge >= 0.3 is 7.12 Å². The van der Waals surface area contributed by atoms with Crippen molar-refractivity contribution < 1.29 is 14.8 Å². The number of rotatable bonds is 2. The number of nitrogens with one attached hydrogen (secondary N) is 1. The number of benzene rings is 2. The lowest BCUT2D eigenvalue weighted by Crippen LogP contribution is -2.29. The second-order valence-corrected chi connectivity index (χ2v) is 4.21. The van der Waals surface area contributed by atoms with Crippen LogP contribution in [0.4, 0.5) is 0 Å². The van der Waals surface area contributed by atoms with E-state index in [0.717, 1.165) is 0 Å². The molecule has 0 spiro atoms. The largest absolute Gasteiger partial charge is 0.497 e. The third kappa shape index (κ3) is 3.63. The first kappa shape index (κ1) is 14.2. The van der Waals surface area contributed by atoms with Crippen molar-refractivity contribution in [1.29, 1.82) is 0 Å². The maximum Gasteiger partial charge on any atom is 0.488 e. The molecule has 4 nitrogen and oxygen atoms in total. The van der Waals surface area contributed by atoms with Gasteiger partial charge in [-0.3, -0.25) is 0 Å². The highest BCUT2D eigenvalue weighted by Crippen LogP contribution is 2.09. The molecule has 0 saturated carbocycles. The summed E-state index contributed by atoms with van der Waals surface area (Å²) in [5.74, 6) is 0.703. The number of H-pyrrole nitrogens is 1. The molecule has 0 aliphatic heterocycles. The van der Waals surface area contributed by atoms with Crippen LogP contribution < -0.4 is 10.2 Å². The van der Waals surface area contributed by atoms with E-state index >= 15 is 0 Å². The maximum absolute atomic E-state index is 8.70. The molecule has 3 N–H and O–H groups in total. The Morgan fingerprint density at radius 1 is 0.950 bits per heavy atom. The fraction of sp³-hybridized carbons (Fsp3) is 0.0667. The van der Waals surface area contributed by atoms with Crippen LogP contribution in [0.2, 0.25) is 0 Å². The zero-order valence-electron chi connectivity index (χ0n) is 11.2. The molecule has 0 saturated heterocycles. The first-order valence-corrected chi connectivity index (χ1v) is 6.23. The summed E-state index contributed by atoms with van der Waals surface area (Å²) in [6.45, 7) is 0. The highest BCUT2D eigenvalue weighted by molar-refractivity contribution is 6.58. The minimum absolute atomic E-state index is 0.464. The lowest BCUT2D eigenvalue weighted by Gasteiger charge is -2.00. The van der Waals surface area contributed by atoms with Gasteiger partial charge in [0.05, 0.1) is 7.11 Å². The van der Waals surface area contributed by atoms with Crippen molar-refractivity contribution in [1.82, 2.24) is 4.98 Å². The Labute approximate surface area is 117 Å². The minimum Gasteiger partial charge on any atom is -0.497 e. The third-order valence-corrected chi connectivity index (χ3v) is 2.88. The molecule has 2 aromatic carbocycles. The summed E-state index contributed by atoms with van der Waals surface area (Å²) in [5.41, 5.74) is 1.67. The third-order valence-electron chi connectivity index (χ3n) is 2.88. The summed E-state index contributed by atoms with van der Waals surface area (Å²) >= 11 is 0. The van der Waals surface area contributed by atoms with Crippen molar-refractivity contribution in [3.8, 4) is 5.75 Å². The topological polar surface area (TPSA) is 65.5 Å². The van der Waals surface area contributed by atoms with Crippen LogP contribution in [0.1, 0.15) is 0 Å². The van der Waals surface area contributed by atoms with E-state index in [1.807, 2.05) is 18.3 Å². The van der Waals surface area contributed by atoms with Gasteiger partial charge < -0.3 is 19.8 Å². The molecule has 20 heavy (non-hydrogen) atoms. The molecule has 0 bridgehead atoms. The zero-order valence-corrected chi connectivity index (χ0v) is 11.2. The van der Waals surface area contributed by atoms with E-state index in [2.05, 4.69) is 23.2 Å². The SMILES string of the molecule is COc1ccc(B(O)O)cc1.c1ccc2[nH]ccc2c1. The van der Waals surface area contributed by atoms with Crippen LogP contribution in [0, 0.1) is 0 Å². The summed E-state index contributed by atoms with van der Waals surface area (Å²) in [6, 6.07) is 16.8. The standard InChI is InChI=1S/C8H7N.C7H9BO3/c1-2-4-8-7(3-1)5-6-9-8;1-11-7-4-2-6(3-5-7)8(9)10/h1-6,9H;2-5,9-10H,1H3. The molecule has 5 heteroatoms. The van der Waals surface area contributed by atoms with Gasteiger partial charge in [-0.15, -0.1) is 0 Å². The molecule has 1 aromatic heterocycles. The van der Waals surface area contributed by atoms with Crippen molar-refractivity contribution in [2.75, 3.05) is 7.11 Å². The summed E-state index contributed by atoms with van der Waals surface area (Å²) < 4.78 is 4.89. The average Bonchev–Trinajstić information content (AvgIpc) is 2.96. The average molecular weight is 269 g/mol. The smallest absolute Gasteiger partial charge is 0.488 e. The Bertz CT molecular complexity index is 619. The van der Waals surface area contributed by atoms with E-state index in [-0.39, 0.29) is 0 Å². The van der Waals surface area contributed by atoms with Crippen molar-refractivity contribution in [3.05, 3.63) is 60.8 Å². The Hall–Kier alpha value is -2.24. The van der Waals surface area contributed by atoms with Crippen LogP contribution >= 0.6 is 0 Å². The normalized spacial score (nSPS) is 9.75. The summed E-state index contributed by atoms with van der Waals surface area (Å²) in [7, 11) is 0.158. The van der Waals surface area contributed by atoms with Gasteiger partial charge in [-0.2, -0.15) is 0 Å². The molecule has 0 amide bonds. The Kier molecular flexibility index (Phi) is 4.82. The van der Waals surface area contributed by atoms with Crippen LogP contribution in [0.3, 0.4) is 0 Å². The monoisotopic (exact) mass is 269 g/mol. The maximum atomic E-state index is 8.70. The zero-order chi connectivity index (χ0) is 14.4. The van der Waals surface area contributed by atoms with Crippen molar-refractivity contribution >= 4 is 23.5 Å². The lowest BCUT2D eigenvalue weighted by atomic mass is 9.80. The molecular formula is C15H16BNO3. The highest BCUT2D eigenvalue weighted by atomic mass is 16.5. The number of fused-ring (bicyclic) bond motifs is 1. The fourth-order valence-corrected chi connectivity index (χ4v) is 1.77. The lowest BCUT2D eigenvalue weighted by molar-refractivity contribution is 0.414. The predicted octanol–water partition coefficient (Wildman–Crippen LogP) is 1.54. The van der Waals surface area contributed by atoms with E-state index in [9.17, 15) is 0 Å². The molecule has 0 unspecified atom stereocenters. The van der Waals surface area contributed by atoms with E-state index < -0.39 is 7.12 Å². The van der Waals surface area contributed by atoms with Gasteiger partial charge in [-0.25, -0.2) is 0 Å². The Morgan fingerprint density at radius 3 is 2.25 bits per heavy atom. The second kappa shape index (κ2) is 6.79. The first-order chi connectivity index (χ1) is 9.70. The van der Waals surface area contributed by atoms with Gasteiger partial charge in [0.2, 0.25) is 0 Å². The molecule has 0 fully saturated rings. The molecule has 0 atom stereocenters. The molecule has 3 rings (SSSR count). The molecule has 102 valence electrons. The number of hydrogen-bond acceptors (Lipinski definition) is 3. The molecule has 3 aromatic rings. The number of ether oxygens (including phenoxy) is 1. The summed E-state index contributed by atoms with van der Waals surface area (Å²) in [4.78, 5) is 3.12. The van der Waals surface area contributed by atoms with Crippen molar-refractivity contribution in [2.24, 2.45) is 0 Å². The van der Waals surface area contributed by atoms with Gasteiger partial charge in [0.25, 0.3) is 0 Å². The van der Waals surface area contributed by atoms with Gasteiger partial charge in [-0.05, 0) is 35.1 Å².